The first-order valence-corrected chi connectivity index (χ1v) is 8.30. The van der Waals surface area contributed by atoms with E-state index in [0.29, 0.717) is 4.52 Å². The molecule has 8 nitrogen and oxygen atoms in total. The first kappa shape index (κ1) is 17.0. The van der Waals surface area contributed by atoms with Crippen LogP contribution in [0, 0.1) is 11.6 Å². The number of para-hydroxylation sites is 1. The predicted molar refractivity (Wildman–Crippen MR) is 79.1 cm³/mol. The molecule has 0 amide bonds. The van der Waals surface area contributed by atoms with Gasteiger partial charge in [0.15, 0.2) is 11.5 Å². The second-order valence-corrected chi connectivity index (χ2v) is 6.26. The molecule has 0 aliphatic heterocycles. The van der Waals surface area contributed by atoms with Gasteiger partial charge in [-0.3, -0.25) is 0 Å². The maximum absolute atomic E-state index is 14.3. The minimum Gasteiger partial charge on any atom is -0.464 e. The van der Waals surface area contributed by atoms with Crippen molar-refractivity contribution < 1.29 is 26.4 Å². The molecule has 25 heavy (non-hydrogen) atoms. The van der Waals surface area contributed by atoms with Gasteiger partial charge in [0.2, 0.25) is 0 Å². The quantitative estimate of drug-likeness (QED) is 0.635. The smallest absolute Gasteiger partial charge is 0.328 e. The van der Waals surface area contributed by atoms with Crippen LogP contribution in [0.1, 0.15) is 6.92 Å². The summed E-state index contributed by atoms with van der Waals surface area (Å²) in [6.07, 6.45) is 0.759. The fraction of sp³-hybridized carbons (Fsp3) is 0.154. The second-order valence-electron chi connectivity index (χ2n) is 4.62. The molecule has 0 spiro atoms. The lowest BCUT2D eigenvalue weighted by atomic mass is 10.3. The van der Waals surface area contributed by atoms with Crippen LogP contribution in [0.25, 0.3) is 5.65 Å². The highest BCUT2D eigenvalue weighted by molar-refractivity contribution is 7.92. The van der Waals surface area contributed by atoms with Gasteiger partial charge in [0.05, 0.1) is 12.8 Å². The Hall–Kier alpha value is -2.89. The highest BCUT2D eigenvalue weighted by Gasteiger charge is 2.33. The maximum Gasteiger partial charge on any atom is 0.328 e. The molecule has 0 aliphatic carbocycles. The van der Waals surface area contributed by atoms with Gasteiger partial charge < -0.3 is 4.74 Å². The number of nitrogens with zero attached hydrogens (tertiary/aromatic N) is 5. The van der Waals surface area contributed by atoms with Gasteiger partial charge in [-0.15, -0.1) is 5.10 Å². The Morgan fingerprint density at radius 3 is 2.64 bits per heavy atom. The molecule has 0 saturated carbocycles. The monoisotopic (exact) mass is 373 g/mol. The summed E-state index contributed by atoms with van der Waals surface area (Å²) in [5.41, 5.74) is -1.39. The second kappa shape index (κ2) is 6.20. The minimum atomic E-state index is -4.99. The van der Waals surface area contributed by atoms with Gasteiger partial charge in [-0.2, -0.15) is 17.9 Å². The Labute approximate surface area is 139 Å². The molecule has 3 rings (SSSR count). The number of hydrogen-bond donors (Lipinski definition) is 0. The van der Waals surface area contributed by atoms with Gasteiger partial charge in [0.25, 0.3) is 5.16 Å². The van der Waals surface area contributed by atoms with E-state index in [2.05, 4.69) is 15.1 Å². The zero-order valence-electron chi connectivity index (χ0n) is 12.6. The molecule has 0 unspecified atom stereocenters. The van der Waals surface area contributed by atoms with E-state index in [0.717, 1.165) is 18.3 Å². The summed E-state index contributed by atoms with van der Waals surface area (Å²) in [4.78, 5) is 7.08. The van der Waals surface area contributed by atoms with E-state index in [1.165, 1.54) is 12.1 Å². The van der Waals surface area contributed by atoms with E-state index in [-0.39, 0.29) is 12.6 Å². The van der Waals surface area contributed by atoms with Crippen LogP contribution < -0.4 is 9.26 Å². The van der Waals surface area contributed by atoms with Crippen LogP contribution in [-0.2, 0) is 10.0 Å². The summed E-state index contributed by atoms with van der Waals surface area (Å²) in [5.74, 6) is -2.10. The normalized spacial score (nSPS) is 11.7. The molecular formula is C13H10F3N5O3S. The highest BCUT2D eigenvalue weighted by atomic mass is 32.2. The Morgan fingerprint density at radius 1 is 1.24 bits per heavy atom. The third-order valence-electron chi connectivity index (χ3n) is 3.03. The number of hydrogen-bond acceptors (Lipinski definition) is 6. The van der Waals surface area contributed by atoms with Crippen LogP contribution in [0.3, 0.4) is 0 Å². The summed E-state index contributed by atoms with van der Waals surface area (Å²) >= 11 is 0. The van der Waals surface area contributed by atoms with E-state index in [1.807, 2.05) is 0 Å². The topological polar surface area (TPSA) is 89.7 Å². The van der Waals surface area contributed by atoms with Gasteiger partial charge in [-0.1, -0.05) is 21.1 Å². The van der Waals surface area contributed by atoms with Crippen LogP contribution in [0.15, 0.2) is 35.6 Å². The van der Waals surface area contributed by atoms with Gasteiger partial charge in [0, 0.05) is 0 Å². The first-order valence-electron chi connectivity index (χ1n) is 6.86. The summed E-state index contributed by atoms with van der Waals surface area (Å²) in [6.45, 7) is 1.76. The molecule has 0 atom stereocenters. The van der Waals surface area contributed by atoms with Crippen LogP contribution >= 0.6 is 0 Å². The zero-order valence-corrected chi connectivity index (χ0v) is 13.4. The van der Waals surface area contributed by atoms with Crippen molar-refractivity contribution in [2.75, 3.05) is 11.1 Å². The lowest BCUT2D eigenvalue weighted by Crippen LogP contribution is -2.24. The Morgan fingerprint density at radius 2 is 1.96 bits per heavy atom. The number of sulfonamides is 1. The average Bonchev–Trinajstić information content (AvgIpc) is 3.04. The average molecular weight is 373 g/mol. The molecule has 1 aromatic carbocycles. The van der Waals surface area contributed by atoms with E-state index < -0.39 is 42.7 Å². The maximum atomic E-state index is 14.3. The van der Waals surface area contributed by atoms with E-state index in [4.69, 9.17) is 4.74 Å². The standard InChI is InChI=1S/C13H10F3N5O3S/c1-2-24-13-17-7-9(15)11-18-12(19-20(11)13)25(22,23)21(16)10-6-4-3-5-8(10)14/h3-7H,2H2,1H3. The third kappa shape index (κ3) is 2.84. The van der Waals surface area contributed by atoms with Crippen LogP contribution in [0.5, 0.6) is 6.01 Å². The molecule has 0 N–H and O–H groups in total. The van der Waals surface area contributed by atoms with E-state index in [1.54, 1.807) is 6.92 Å². The van der Waals surface area contributed by atoms with Crippen molar-refractivity contribution in [2.45, 2.75) is 12.1 Å². The summed E-state index contributed by atoms with van der Waals surface area (Å²) in [6, 6.07) is 4.07. The Kier molecular flexibility index (Phi) is 4.20. The number of halogens is 3. The third-order valence-corrected chi connectivity index (χ3v) is 4.28. The molecule has 3 aromatic rings. The van der Waals surface area contributed by atoms with Crippen molar-refractivity contribution >= 4 is 21.4 Å². The Balaban J connectivity index is 2.13. The van der Waals surface area contributed by atoms with Crippen molar-refractivity contribution in [1.29, 1.82) is 0 Å². The van der Waals surface area contributed by atoms with Crippen molar-refractivity contribution in [2.24, 2.45) is 0 Å². The fourth-order valence-electron chi connectivity index (χ4n) is 1.94. The number of rotatable bonds is 5. The van der Waals surface area contributed by atoms with Crippen LogP contribution in [-0.4, -0.2) is 34.6 Å². The van der Waals surface area contributed by atoms with Gasteiger partial charge in [0.1, 0.15) is 11.5 Å². The first-order chi connectivity index (χ1) is 11.9. The number of aromatic nitrogens is 4. The van der Waals surface area contributed by atoms with Crippen molar-refractivity contribution in [3.63, 3.8) is 0 Å². The number of benzene rings is 1. The van der Waals surface area contributed by atoms with Gasteiger partial charge in [-0.05, 0) is 19.1 Å². The molecule has 2 heterocycles. The molecule has 132 valence electrons. The van der Waals surface area contributed by atoms with Crippen molar-refractivity contribution in [3.05, 3.63) is 42.1 Å². The van der Waals surface area contributed by atoms with Gasteiger partial charge in [-0.25, -0.2) is 13.8 Å². The molecule has 12 heteroatoms. The molecule has 0 saturated heterocycles. The summed E-state index contributed by atoms with van der Waals surface area (Å²) in [5, 5.41) is 2.45. The minimum absolute atomic E-state index is 0.139. The van der Waals surface area contributed by atoms with E-state index in [9.17, 15) is 21.7 Å². The van der Waals surface area contributed by atoms with Crippen molar-refractivity contribution in [3.8, 4) is 6.01 Å². The van der Waals surface area contributed by atoms with Gasteiger partial charge >= 0.3 is 16.0 Å². The predicted octanol–water partition coefficient (Wildman–Crippen LogP) is 1.88. The molecule has 0 fully saturated rings. The van der Waals surface area contributed by atoms with Crippen LogP contribution in [0.4, 0.5) is 18.9 Å². The molecular weight excluding hydrogens is 363 g/mol. The highest BCUT2D eigenvalue weighted by Crippen LogP contribution is 2.26. The SMILES string of the molecule is CCOc1ncc(F)c2nc(S(=O)(=O)N(F)c3ccccc3F)nn12. The van der Waals surface area contributed by atoms with Crippen LogP contribution in [0.2, 0.25) is 0 Å². The summed E-state index contributed by atoms with van der Waals surface area (Å²) in [7, 11) is -4.99. The lowest BCUT2D eigenvalue weighted by molar-refractivity contribution is 0.301. The molecule has 0 aliphatic rings. The molecule has 2 aromatic heterocycles. The summed E-state index contributed by atoms with van der Waals surface area (Å²) < 4.78 is 71.3. The number of fused-ring (bicyclic) bond motifs is 1. The molecule has 0 radical (unpaired) electrons. The molecule has 0 bridgehead atoms. The largest absolute Gasteiger partial charge is 0.464 e. The zero-order chi connectivity index (χ0) is 18.2. The Bertz CT molecular complexity index is 1040. The fourth-order valence-corrected chi connectivity index (χ4v) is 2.87. The number of ether oxygens (including phenoxy) is 1. The van der Waals surface area contributed by atoms with E-state index >= 15 is 0 Å². The lowest BCUT2D eigenvalue weighted by Gasteiger charge is -2.12. The number of anilines is 1. The van der Waals surface area contributed by atoms with Crippen molar-refractivity contribution in [1.82, 2.24) is 19.6 Å².